The summed E-state index contributed by atoms with van der Waals surface area (Å²) >= 11 is 0. The van der Waals surface area contributed by atoms with Crippen molar-refractivity contribution < 1.29 is 184 Å². The van der Waals surface area contributed by atoms with E-state index in [9.17, 15) is 39.9 Å². The van der Waals surface area contributed by atoms with Gasteiger partial charge in [0, 0.05) is 0 Å². The first-order valence-corrected chi connectivity index (χ1v) is 19.4. The van der Waals surface area contributed by atoms with E-state index < -0.39 is 102 Å². The number of fused-ring (bicyclic) bond motifs is 1. The van der Waals surface area contributed by atoms with Crippen molar-refractivity contribution in [2.75, 3.05) is 46.2 Å². The van der Waals surface area contributed by atoms with E-state index in [0.717, 1.165) is 0 Å². The van der Waals surface area contributed by atoms with Gasteiger partial charge >= 0.3 is 88.7 Å². The van der Waals surface area contributed by atoms with Crippen molar-refractivity contribution in [2.24, 2.45) is 11.8 Å². The minimum absolute atomic E-state index is 0. The van der Waals surface area contributed by atoms with Gasteiger partial charge in [0.05, 0.1) is 108 Å². The van der Waals surface area contributed by atoms with Crippen LogP contribution in [0, 0.1) is 18.8 Å². The van der Waals surface area contributed by atoms with Crippen LogP contribution >= 0.6 is 0 Å². The molecular formula is C33H47N5Na3O20S-. The Labute approximate surface area is 422 Å². The molecule has 5 heterocycles. The second kappa shape index (κ2) is 28.0. The molecule has 14 atom stereocenters. The normalized spacial score (nSPS) is 32.9. The third-order valence-corrected chi connectivity index (χ3v) is 9.39. The number of hydrogen-bond acceptors (Lipinski definition) is 21. The molecule has 6 N–H and O–H groups in total. The summed E-state index contributed by atoms with van der Waals surface area (Å²) in [6.45, 7) is 12.1. The van der Waals surface area contributed by atoms with Gasteiger partial charge in [-0.1, -0.05) is 23.4 Å². The van der Waals surface area contributed by atoms with Crippen molar-refractivity contribution in [1.82, 2.24) is 19.9 Å². The first-order chi connectivity index (χ1) is 27.9. The van der Waals surface area contributed by atoms with Gasteiger partial charge in [-0.3, -0.25) is 19.0 Å². The first-order valence-electron chi connectivity index (χ1n) is 18.0. The van der Waals surface area contributed by atoms with E-state index in [1.807, 2.05) is 0 Å². The van der Waals surface area contributed by atoms with Crippen molar-refractivity contribution in [3.05, 3.63) is 49.9 Å². The summed E-state index contributed by atoms with van der Waals surface area (Å²) in [5, 5.41) is 60.9. The van der Waals surface area contributed by atoms with Crippen molar-refractivity contribution in [3.8, 4) is 0 Å². The number of hydrogen-bond donors (Lipinski definition) is 5. The van der Waals surface area contributed by atoms with E-state index in [2.05, 4.69) is 30.4 Å². The Bertz CT molecular complexity index is 1660. The molecule has 0 bridgehead atoms. The van der Waals surface area contributed by atoms with E-state index in [1.54, 1.807) is 6.20 Å². The van der Waals surface area contributed by atoms with Crippen LogP contribution in [0.1, 0.15) is 5.69 Å². The zero-order chi connectivity index (χ0) is 43.6. The quantitative estimate of drug-likeness (QED) is 0.0154. The number of nitrogens with zero attached hydrogens (tertiary/aromatic N) is 4. The Balaban J connectivity index is 0.00000227. The number of carbonyl (C=O) groups is 3. The number of aliphatic carboxylic acids is 1. The summed E-state index contributed by atoms with van der Waals surface area (Å²) < 4.78 is 78.0. The van der Waals surface area contributed by atoms with E-state index in [0.29, 0.717) is 12.2 Å². The SMILES string of the molecule is C=C[C@@H]1O[C@H](C=C)[C@@H]2C(=O)N(CCOCCOCc3cn(CCOCCO[C@@H]4OC(C(=O)[O-])[C@@H](O[C@H]5OC([CH2-])[C@@H](O)[C@H](O)C5[NH-])[C@H](O)C4O)nn3)C(=O)[C@@H]21.O=S(=O)([O-])O.[Na+].[Na+].[Na+]. The Morgan fingerprint density at radius 2 is 1.40 bits per heavy atom. The van der Waals surface area contributed by atoms with Crippen molar-refractivity contribution in [1.29, 1.82) is 0 Å². The third kappa shape index (κ3) is 16.4. The molecule has 0 aromatic carbocycles. The number of rotatable bonds is 20. The maximum absolute atomic E-state index is 12.8. The molecule has 0 aliphatic carbocycles. The predicted molar refractivity (Wildman–Crippen MR) is 187 cm³/mol. The summed E-state index contributed by atoms with van der Waals surface area (Å²) in [4.78, 5) is 38.7. The number of amides is 2. The van der Waals surface area contributed by atoms with Crippen LogP contribution in [0.5, 0.6) is 0 Å². The van der Waals surface area contributed by atoms with Crippen molar-refractivity contribution >= 4 is 28.2 Å². The van der Waals surface area contributed by atoms with E-state index in [4.69, 9.17) is 61.2 Å². The number of aliphatic hydroxyl groups is 4. The van der Waals surface area contributed by atoms with Gasteiger partial charge in [0.2, 0.25) is 22.2 Å². The van der Waals surface area contributed by atoms with E-state index in [1.165, 1.54) is 21.7 Å². The Hall–Kier alpha value is -0.420. The van der Waals surface area contributed by atoms with E-state index >= 15 is 0 Å². The maximum atomic E-state index is 12.8. The standard InChI is InChI=1S/C33H47N5O16.3Na.H2O4S/c1-4-18-20-21(19(5-2)52-18)30(44)38(29(20)43)7-9-48-10-11-49-15-17-14-37(36-35-17)6-8-47-12-13-50-33-26(42)25(41)27(28(54-33)31(45)46)53-32-22(34)24(40)23(39)16(3)51-32;;;;1-5(2,3)4/h4-5,14,16,18-28,32-34,39-42H,1-3,6-13,15H2,(H,45,46);;;;(H2,1,2,3,4)/q-2;3*+1;/p-2/t16?,18-,19+,20+,21-,22?,23-,24-,25-,26?,27+,28?,32-,33-;;;;/m1..../s1. The molecule has 334 valence electrons. The molecule has 25 nitrogen and oxygen atoms in total. The fraction of sp³-hybridized carbons (Fsp3) is 0.697. The molecule has 0 radical (unpaired) electrons. The summed E-state index contributed by atoms with van der Waals surface area (Å²) in [7, 11) is -4.92. The molecular weight excluding hydrogens is 887 g/mol. The van der Waals surface area contributed by atoms with Gasteiger partial charge in [0.25, 0.3) is 0 Å². The summed E-state index contributed by atoms with van der Waals surface area (Å²) in [5.74, 6) is -3.62. The first kappa shape index (κ1) is 59.6. The van der Waals surface area contributed by atoms with Crippen LogP contribution in [0.2, 0.25) is 0 Å². The maximum Gasteiger partial charge on any atom is 1.00 e. The number of ether oxygens (including phenoxy) is 8. The second-order valence-electron chi connectivity index (χ2n) is 13.3. The zero-order valence-electron chi connectivity index (χ0n) is 34.4. The number of likely N-dealkylation sites (tertiary alicyclic amines) is 1. The molecule has 0 spiro atoms. The van der Waals surface area contributed by atoms with Crippen LogP contribution in [0.4, 0.5) is 0 Å². The third-order valence-electron chi connectivity index (χ3n) is 9.39. The minimum atomic E-state index is -4.92. The summed E-state index contributed by atoms with van der Waals surface area (Å²) in [5.41, 5.74) is 8.55. The number of aromatic nitrogens is 3. The van der Waals surface area contributed by atoms with Crippen LogP contribution in [0.15, 0.2) is 31.5 Å². The molecule has 4 fully saturated rings. The number of aliphatic hydroxyl groups excluding tert-OH is 4. The van der Waals surface area contributed by atoms with Crippen molar-refractivity contribution in [2.45, 2.75) is 86.7 Å². The largest absolute Gasteiger partial charge is 1.00 e. The Morgan fingerprint density at radius 1 is 0.855 bits per heavy atom. The smallest absolute Gasteiger partial charge is 0.726 e. The van der Waals surface area contributed by atoms with Crippen LogP contribution in [-0.4, -0.2) is 195 Å². The second-order valence-corrected chi connectivity index (χ2v) is 14.2. The van der Waals surface area contributed by atoms with Gasteiger partial charge in [-0.2, -0.15) is 0 Å². The number of imide groups is 1. The summed E-state index contributed by atoms with van der Waals surface area (Å²) in [6, 6.07) is -1.59. The van der Waals surface area contributed by atoms with E-state index in [-0.39, 0.29) is 153 Å². The molecule has 5 rings (SSSR count). The minimum Gasteiger partial charge on any atom is -0.726 e. The van der Waals surface area contributed by atoms with Gasteiger partial charge in [0.1, 0.15) is 36.4 Å². The molecule has 4 aliphatic heterocycles. The number of carbonyl (C=O) groups excluding carboxylic acids is 3. The van der Waals surface area contributed by atoms with Gasteiger partial charge in [-0.05, 0) is 6.10 Å². The van der Waals surface area contributed by atoms with Crippen LogP contribution in [-0.2, 0) is 75.8 Å². The molecule has 0 saturated carbocycles. The zero-order valence-corrected chi connectivity index (χ0v) is 41.2. The molecule has 62 heavy (non-hydrogen) atoms. The molecule has 1 aromatic rings. The van der Waals surface area contributed by atoms with Gasteiger partial charge in [0.15, 0.2) is 6.29 Å². The monoisotopic (exact) mass is 934 g/mol. The molecule has 4 unspecified atom stereocenters. The molecule has 1 aromatic heterocycles. The molecule has 2 amide bonds. The average molecular weight is 935 g/mol. The fourth-order valence-corrected chi connectivity index (χ4v) is 6.51. The van der Waals surface area contributed by atoms with Crippen LogP contribution in [0.25, 0.3) is 5.73 Å². The van der Waals surface area contributed by atoms with Crippen LogP contribution in [0.3, 0.4) is 0 Å². The summed E-state index contributed by atoms with van der Waals surface area (Å²) in [6.07, 6.45) is -11.3. The fourth-order valence-electron chi connectivity index (χ4n) is 6.51. The Kier molecular flexibility index (Phi) is 26.9. The van der Waals surface area contributed by atoms with Gasteiger partial charge in [-0.15, -0.1) is 18.3 Å². The van der Waals surface area contributed by atoms with Gasteiger partial charge < -0.3 is 85.4 Å². The molecule has 4 aliphatic rings. The van der Waals surface area contributed by atoms with Crippen molar-refractivity contribution in [3.63, 3.8) is 0 Å². The Morgan fingerprint density at radius 3 is 1.97 bits per heavy atom. The number of carboxylic acid groups (broad SMARTS) is 1. The van der Waals surface area contributed by atoms with Crippen LogP contribution < -0.4 is 93.8 Å². The number of nitrogens with one attached hydrogen (secondary N) is 1. The molecule has 4 saturated heterocycles. The van der Waals surface area contributed by atoms with Gasteiger partial charge in [-0.25, -0.2) is 13.1 Å². The predicted octanol–water partition coefficient (Wildman–Crippen LogP) is -14.1. The topological polar surface area (TPSA) is 364 Å². The molecule has 29 heteroatoms. The number of carboxylic acids is 1. The average Bonchev–Trinajstić information content (AvgIpc) is 3.86.